The number of pyridine rings is 1. The standard InChI is InChI=1S/C19H26N2O6/c1-3-26-17(22)11-16(19(24)27-4-2)18(23)14-5-6-15(20-12-14)13-21-7-9-25-10-8-21/h5-6,12,16H,3-4,7-11,13H2,1-2H3. The maximum atomic E-state index is 12.7. The number of aromatic nitrogens is 1. The lowest BCUT2D eigenvalue weighted by Gasteiger charge is -2.26. The molecule has 0 aromatic carbocycles. The van der Waals surface area contributed by atoms with Crippen LogP contribution in [0, 0.1) is 5.92 Å². The molecule has 1 aliphatic rings. The van der Waals surface area contributed by atoms with E-state index in [-0.39, 0.29) is 25.2 Å². The Hall–Kier alpha value is -2.32. The van der Waals surface area contributed by atoms with Crippen LogP contribution >= 0.6 is 0 Å². The smallest absolute Gasteiger partial charge is 0.317 e. The molecule has 1 fully saturated rings. The van der Waals surface area contributed by atoms with Gasteiger partial charge in [-0.05, 0) is 26.0 Å². The van der Waals surface area contributed by atoms with E-state index in [1.807, 2.05) is 0 Å². The molecule has 0 aliphatic carbocycles. The fraction of sp³-hybridized carbons (Fsp3) is 0.579. The second-order valence-corrected chi connectivity index (χ2v) is 6.10. The summed E-state index contributed by atoms with van der Waals surface area (Å²) in [6.45, 7) is 7.36. The fourth-order valence-corrected chi connectivity index (χ4v) is 2.77. The molecule has 0 radical (unpaired) electrons. The Morgan fingerprint density at radius 2 is 1.85 bits per heavy atom. The van der Waals surface area contributed by atoms with Crippen LogP contribution in [-0.2, 0) is 30.3 Å². The Morgan fingerprint density at radius 3 is 2.44 bits per heavy atom. The molecule has 1 aromatic rings. The molecule has 0 spiro atoms. The zero-order chi connectivity index (χ0) is 19.6. The number of hydrogen-bond donors (Lipinski definition) is 0. The van der Waals surface area contributed by atoms with E-state index in [9.17, 15) is 14.4 Å². The monoisotopic (exact) mass is 378 g/mol. The van der Waals surface area contributed by atoms with E-state index < -0.39 is 23.6 Å². The first-order valence-electron chi connectivity index (χ1n) is 9.16. The molecule has 148 valence electrons. The van der Waals surface area contributed by atoms with Crippen LogP contribution in [0.1, 0.15) is 36.3 Å². The predicted molar refractivity (Wildman–Crippen MR) is 96.0 cm³/mol. The van der Waals surface area contributed by atoms with Crippen molar-refractivity contribution in [2.45, 2.75) is 26.8 Å². The Labute approximate surface area is 158 Å². The third-order valence-electron chi connectivity index (χ3n) is 4.16. The molecule has 2 rings (SSSR count). The Kier molecular flexibility index (Phi) is 8.35. The zero-order valence-electron chi connectivity index (χ0n) is 15.8. The lowest BCUT2D eigenvalue weighted by Crippen LogP contribution is -2.35. The molecule has 8 heteroatoms. The van der Waals surface area contributed by atoms with Gasteiger partial charge < -0.3 is 14.2 Å². The number of rotatable bonds is 9. The second kappa shape index (κ2) is 10.7. The van der Waals surface area contributed by atoms with Gasteiger partial charge in [-0.1, -0.05) is 0 Å². The van der Waals surface area contributed by atoms with E-state index in [0.717, 1.165) is 18.8 Å². The SMILES string of the molecule is CCOC(=O)CC(C(=O)OCC)C(=O)c1ccc(CN2CCOCC2)nc1. The van der Waals surface area contributed by atoms with Gasteiger partial charge >= 0.3 is 11.9 Å². The van der Waals surface area contributed by atoms with Crippen LogP contribution in [-0.4, -0.2) is 67.1 Å². The van der Waals surface area contributed by atoms with Crippen LogP contribution in [0.3, 0.4) is 0 Å². The molecule has 8 nitrogen and oxygen atoms in total. The molecule has 0 saturated carbocycles. The first-order valence-corrected chi connectivity index (χ1v) is 9.16. The van der Waals surface area contributed by atoms with Gasteiger partial charge in [-0.25, -0.2) is 0 Å². The maximum Gasteiger partial charge on any atom is 0.317 e. The molecular formula is C19H26N2O6. The van der Waals surface area contributed by atoms with Gasteiger partial charge in [-0.3, -0.25) is 24.3 Å². The summed E-state index contributed by atoms with van der Waals surface area (Å²) in [5.41, 5.74) is 1.09. The Morgan fingerprint density at radius 1 is 1.15 bits per heavy atom. The summed E-state index contributed by atoms with van der Waals surface area (Å²) in [7, 11) is 0. The van der Waals surface area contributed by atoms with Crippen molar-refractivity contribution in [1.29, 1.82) is 0 Å². The van der Waals surface area contributed by atoms with Crippen molar-refractivity contribution in [2.24, 2.45) is 5.92 Å². The highest BCUT2D eigenvalue weighted by molar-refractivity contribution is 6.10. The molecule has 1 aliphatic heterocycles. The summed E-state index contributed by atoms with van der Waals surface area (Å²) < 4.78 is 15.1. The van der Waals surface area contributed by atoms with Gasteiger partial charge in [0.1, 0.15) is 5.92 Å². The van der Waals surface area contributed by atoms with Crippen molar-refractivity contribution in [2.75, 3.05) is 39.5 Å². The number of morpholine rings is 1. The number of nitrogens with zero attached hydrogens (tertiary/aromatic N) is 2. The summed E-state index contributed by atoms with van der Waals surface area (Å²) in [4.78, 5) is 43.2. The third-order valence-corrected chi connectivity index (χ3v) is 4.16. The van der Waals surface area contributed by atoms with Gasteiger partial charge in [-0.2, -0.15) is 0 Å². The normalized spacial score (nSPS) is 15.8. The Balaban J connectivity index is 2.06. The summed E-state index contributed by atoms with van der Waals surface area (Å²) >= 11 is 0. The predicted octanol–water partition coefficient (Wildman–Crippen LogP) is 1.23. The highest BCUT2D eigenvalue weighted by Crippen LogP contribution is 2.16. The maximum absolute atomic E-state index is 12.7. The number of ketones is 1. The van der Waals surface area contributed by atoms with E-state index in [1.54, 1.807) is 26.0 Å². The minimum atomic E-state index is -1.23. The van der Waals surface area contributed by atoms with Gasteiger partial charge in [0.15, 0.2) is 5.78 Å². The number of carbonyl (C=O) groups excluding carboxylic acids is 3. The van der Waals surface area contributed by atoms with Gasteiger partial charge in [0.25, 0.3) is 0 Å². The number of esters is 2. The lowest BCUT2D eigenvalue weighted by atomic mass is 9.95. The van der Waals surface area contributed by atoms with Gasteiger partial charge in [0.05, 0.1) is 38.5 Å². The van der Waals surface area contributed by atoms with Crippen molar-refractivity contribution in [3.8, 4) is 0 Å². The first-order chi connectivity index (χ1) is 13.0. The molecular weight excluding hydrogens is 352 g/mol. The summed E-state index contributed by atoms with van der Waals surface area (Å²) in [5, 5.41) is 0. The highest BCUT2D eigenvalue weighted by atomic mass is 16.5. The van der Waals surface area contributed by atoms with Crippen LogP contribution in [0.2, 0.25) is 0 Å². The largest absolute Gasteiger partial charge is 0.466 e. The van der Waals surface area contributed by atoms with Crippen LogP contribution in [0.25, 0.3) is 0 Å². The van der Waals surface area contributed by atoms with Gasteiger partial charge in [0.2, 0.25) is 0 Å². The van der Waals surface area contributed by atoms with Crippen LogP contribution in [0.4, 0.5) is 0 Å². The van der Waals surface area contributed by atoms with E-state index in [1.165, 1.54) is 6.20 Å². The first kappa shape index (κ1) is 21.0. The van der Waals surface area contributed by atoms with Crippen LogP contribution < -0.4 is 0 Å². The summed E-state index contributed by atoms with van der Waals surface area (Å²) in [5.74, 6) is -3.06. The summed E-state index contributed by atoms with van der Waals surface area (Å²) in [6.07, 6.45) is 1.09. The van der Waals surface area contributed by atoms with E-state index in [2.05, 4.69) is 9.88 Å². The minimum absolute atomic E-state index is 0.127. The van der Waals surface area contributed by atoms with Crippen molar-refractivity contribution < 1.29 is 28.6 Å². The quantitative estimate of drug-likeness (QED) is 0.360. The van der Waals surface area contributed by atoms with E-state index in [4.69, 9.17) is 14.2 Å². The van der Waals surface area contributed by atoms with Crippen molar-refractivity contribution in [3.63, 3.8) is 0 Å². The third kappa shape index (κ3) is 6.41. The average molecular weight is 378 g/mol. The average Bonchev–Trinajstić information content (AvgIpc) is 2.67. The number of ether oxygens (including phenoxy) is 3. The van der Waals surface area contributed by atoms with Crippen molar-refractivity contribution in [1.82, 2.24) is 9.88 Å². The summed E-state index contributed by atoms with van der Waals surface area (Å²) in [6, 6.07) is 3.39. The molecule has 27 heavy (non-hydrogen) atoms. The second-order valence-electron chi connectivity index (χ2n) is 6.10. The molecule has 1 saturated heterocycles. The Bertz CT molecular complexity index is 640. The van der Waals surface area contributed by atoms with Crippen LogP contribution in [0.5, 0.6) is 0 Å². The number of carbonyl (C=O) groups is 3. The topological polar surface area (TPSA) is 95.0 Å². The minimum Gasteiger partial charge on any atom is -0.466 e. The molecule has 1 atom stereocenters. The molecule has 2 heterocycles. The van der Waals surface area contributed by atoms with Gasteiger partial charge in [0, 0.05) is 31.4 Å². The highest BCUT2D eigenvalue weighted by Gasteiger charge is 2.32. The molecule has 0 N–H and O–H groups in total. The van der Waals surface area contributed by atoms with Crippen molar-refractivity contribution in [3.05, 3.63) is 29.6 Å². The van der Waals surface area contributed by atoms with Crippen LogP contribution in [0.15, 0.2) is 18.3 Å². The molecule has 1 unspecified atom stereocenters. The zero-order valence-corrected chi connectivity index (χ0v) is 15.8. The van der Waals surface area contributed by atoms with Gasteiger partial charge in [-0.15, -0.1) is 0 Å². The molecule has 0 bridgehead atoms. The molecule has 1 aromatic heterocycles. The number of hydrogen-bond acceptors (Lipinski definition) is 8. The lowest BCUT2D eigenvalue weighted by molar-refractivity contribution is -0.152. The number of Topliss-reactive ketones (excluding diaryl/α,β-unsaturated/α-hetero) is 1. The fourth-order valence-electron chi connectivity index (χ4n) is 2.77. The molecule has 0 amide bonds. The van der Waals surface area contributed by atoms with E-state index in [0.29, 0.717) is 19.8 Å². The van der Waals surface area contributed by atoms with E-state index >= 15 is 0 Å². The van der Waals surface area contributed by atoms with Crippen molar-refractivity contribution >= 4 is 17.7 Å².